The van der Waals surface area contributed by atoms with Crippen LogP contribution in [0, 0.1) is 12.8 Å². The van der Waals surface area contributed by atoms with Crippen LogP contribution in [0.3, 0.4) is 0 Å². The maximum absolute atomic E-state index is 10.2. The van der Waals surface area contributed by atoms with E-state index < -0.39 is 0 Å². The fourth-order valence-corrected chi connectivity index (χ4v) is 2.47. The summed E-state index contributed by atoms with van der Waals surface area (Å²) in [5, 5.41) is 10.2. The maximum Gasteiger partial charge on any atom is 0.0819 e. The van der Waals surface area contributed by atoms with Gasteiger partial charge in [0.1, 0.15) is 0 Å². The first-order valence-electron chi connectivity index (χ1n) is 5.88. The molecule has 1 aromatic heterocycles. The Bertz CT molecular complexity index is 318. The Kier molecular flexibility index (Phi) is 3.37. The maximum atomic E-state index is 10.2. The van der Waals surface area contributed by atoms with E-state index in [1.807, 2.05) is 19.1 Å². The van der Waals surface area contributed by atoms with Gasteiger partial charge in [0, 0.05) is 11.9 Å². The van der Waals surface area contributed by atoms with Gasteiger partial charge in [0.25, 0.3) is 0 Å². The highest BCUT2D eigenvalue weighted by Crippen LogP contribution is 2.34. The van der Waals surface area contributed by atoms with Crippen molar-refractivity contribution in [3.8, 4) is 0 Å². The van der Waals surface area contributed by atoms with Crippen LogP contribution in [0.1, 0.15) is 49.5 Å². The second kappa shape index (κ2) is 4.75. The van der Waals surface area contributed by atoms with Crippen LogP contribution in [-0.4, -0.2) is 10.1 Å². The number of aliphatic hydroxyl groups excluding tert-OH is 1. The van der Waals surface area contributed by atoms with Gasteiger partial charge in [0.15, 0.2) is 0 Å². The van der Waals surface area contributed by atoms with Crippen molar-refractivity contribution in [1.29, 1.82) is 0 Å². The number of aryl methyl sites for hydroxylation is 1. The second-order valence-electron chi connectivity index (χ2n) is 4.57. The van der Waals surface area contributed by atoms with Crippen molar-refractivity contribution in [3.05, 3.63) is 29.6 Å². The highest BCUT2D eigenvalue weighted by atomic mass is 16.3. The van der Waals surface area contributed by atoms with E-state index in [-0.39, 0.29) is 6.10 Å². The van der Waals surface area contributed by atoms with Gasteiger partial charge in [0.2, 0.25) is 0 Å². The van der Waals surface area contributed by atoms with Crippen LogP contribution in [0.5, 0.6) is 0 Å². The van der Waals surface area contributed by atoms with Gasteiger partial charge in [-0.05, 0) is 43.4 Å². The third-order valence-electron chi connectivity index (χ3n) is 3.36. The molecule has 0 saturated heterocycles. The van der Waals surface area contributed by atoms with Crippen LogP contribution < -0.4 is 0 Å². The summed E-state index contributed by atoms with van der Waals surface area (Å²) in [6, 6.07) is 3.94. The van der Waals surface area contributed by atoms with Gasteiger partial charge in [-0.1, -0.05) is 19.3 Å². The minimum absolute atomic E-state index is 0.285. The normalized spacial score (nSPS) is 20.1. The van der Waals surface area contributed by atoms with Crippen LogP contribution >= 0.6 is 0 Å². The molecule has 0 amide bonds. The van der Waals surface area contributed by atoms with Crippen LogP contribution in [0.2, 0.25) is 0 Å². The topological polar surface area (TPSA) is 33.1 Å². The number of hydrogen-bond donors (Lipinski definition) is 1. The van der Waals surface area contributed by atoms with Crippen molar-refractivity contribution >= 4 is 0 Å². The van der Waals surface area contributed by atoms with Crippen molar-refractivity contribution < 1.29 is 5.11 Å². The van der Waals surface area contributed by atoms with Crippen LogP contribution in [-0.2, 0) is 0 Å². The first kappa shape index (κ1) is 10.6. The minimum Gasteiger partial charge on any atom is -0.388 e. The predicted octanol–water partition coefficient (Wildman–Crippen LogP) is 3.00. The number of nitrogens with zero attached hydrogens (tertiary/aromatic N) is 1. The number of aromatic nitrogens is 1. The zero-order valence-corrected chi connectivity index (χ0v) is 9.32. The molecule has 1 fully saturated rings. The van der Waals surface area contributed by atoms with Crippen LogP contribution in [0.15, 0.2) is 18.3 Å². The Labute approximate surface area is 91.4 Å². The van der Waals surface area contributed by atoms with Crippen molar-refractivity contribution in [1.82, 2.24) is 4.98 Å². The third kappa shape index (κ3) is 2.57. The summed E-state index contributed by atoms with van der Waals surface area (Å²) in [7, 11) is 0. The highest BCUT2D eigenvalue weighted by Gasteiger charge is 2.22. The lowest BCUT2D eigenvalue weighted by Gasteiger charge is -2.26. The fourth-order valence-electron chi connectivity index (χ4n) is 2.47. The molecule has 0 radical (unpaired) electrons. The Morgan fingerprint density at radius 1 is 1.33 bits per heavy atom. The Morgan fingerprint density at radius 2 is 2.07 bits per heavy atom. The van der Waals surface area contributed by atoms with Gasteiger partial charge in [-0.15, -0.1) is 0 Å². The molecule has 2 heteroatoms. The molecule has 15 heavy (non-hydrogen) atoms. The SMILES string of the molecule is Cc1cc(C(O)C2CCCCC2)ccn1. The molecule has 1 aliphatic carbocycles. The number of hydrogen-bond acceptors (Lipinski definition) is 2. The molecule has 1 N–H and O–H groups in total. The van der Waals surface area contributed by atoms with E-state index in [0.717, 1.165) is 11.3 Å². The van der Waals surface area contributed by atoms with Crippen molar-refractivity contribution in [2.75, 3.05) is 0 Å². The van der Waals surface area contributed by atoms with Gasteiger partial charge in [-0.25, -0.2) is 0 Å². The summed E-state index contributed by atoms with van der Waals surface area (Å²) in [5.74, 6) is 0.459. The zero-order valence-electron chi connectivity index (χ0n) is 9.32. The average molecular weight is 205 g/mol. The summed E-state index contributed by atoms with van der Waals surface area (Å²) in [5.41, 5.74) is 2.02. The number of pyridine rings is 1. The molecule has 1 aromatic rings. The first-order valence-corrected chi connectivity index (χ1v) is 5.88. The number of rotatable bonds is 2. The molecular weight excluding hydrogens is 186 g/mol. The lowest BCUT2D eigenvalue weighted by atomic mass is 9.83. The largest absolute Gasteiger partial charge is 0.388 e. The third-order valence-corrected chi connectivity index (χ3v) is 3.36. The van der Waals surface area contributed by atoms with Crippen LogP contribution in [0.4, 0.5) is 0 Å². The Morgan fingerprint density at radius 3 is 2.73 bits per heavy atom. The van der Waals surface area contributed by atoms with Gasteiger partial charge < -0.3 is 5.11 Å². The molecule has 0 aliphatic heterocycles. The predicted molar refractivity (Wildman–Crippen MR) is 60.5 cm³/mol. The highest BCUT2D eigenvalue weighted by molar-refractivity contribution is 5.18. The summed E-state index contributed by atoms with van der Waals surface area (Å²) >= 11 is 0. The van der Waals surface area contributed by atoms with E-state index in [4.69, 9.17) is 0 Å². The lowest BCUT2D eigenvalue weighted by molar-refractivity contribution is 0.0847. The van der Waals surface area contributed by atoms with E-state index in [2.05, 4.69) is 4.98 Å². The van der Waals surface area contributed by atoms with Crippen molar-refractivity contribution in [2.24, 2.45) is 5.92 Å². The second-order valence-corrected chi connectivity index (χ2v) is 4.57. The van der Waals surface area contributed by atoms with E-state index in [0.29, 0.717) is 5.92 Å². The smallest absolute Gasteiger partial charge is 0.0819 e. The summed E-state index contributed by atoms with van der Waals surface area (Å²) < 4.78 is 0. The van der Waals surface area contributed by atoms with E-state index >= 15 is 0 Å². The molecular formula is C13H19NO. The molecule has 2 nitrogen and oxygen atoms in total. The molecule has 0 aromatic carbocycles. The van der Waals surface area contributed by atoms with Gasteiger partial charge in [0.05, 0.1) is 6.10 Å². The van der Waals surface area contributed by atoms with E-state index in [1.54, 1.807) is 6.20 Å². The quantitative estimate of drug-likeness (QED) is 0.805. The van der Waals surface area contributed by atoms with Crippen molar-refractivity contribution in [3.63, 3.8) is 0 Å². The van der Waals surface area contributed by atoms with Gasteiger partial charge in [-0.3, -0.25) is 4.98 Å². The monoisotopic (exact) mass is 205 g/mol. The van der Waals surface area contributed by atoms with Gasteiger partial charge >= 0.3 is 0 Å². The van der Waals surface area contributed by atoms with E-state index in [9.17, 15) is 5.11 Å². The molecule has 1 aliphatic rings. The Hall–Kier alpha value is -0.890. The average Bonchev–Trinajstić information content (AvgIpc) is 2.29. The summed E-state index contributed by atoms with van der Waals surface area (Å²) in [6.07, 6.45) is 7.71. The summed E-state index contributed by atoms with van der Waals surface area (Å²) in [6.45, 7) is 1.97. The minimum atomic E-state index is -0.285. The first-order chi connectivity index (χ1) is 7.27. The lowest BCUT2D eigenvalue weighted by Crippen LogP contribution is -2.16. The molecule has 1 unspecified atom stereocenters. The number of aliphatic hydroxyl groups is 1. The van der Waals surface area contributed by atoms with E-state index in [1.165, 1.54) is 32.1 Å². The molecule has 0 spiro atoms. The molecule has 82 valence electrons. The molecule has 2 rings (SSSR count). The molecule has 1 saturated carbocycles. The molecule has 1 heterocycles. The van der Waals surface area contributed by atoms with Gasteiger partial charge in [-0.2, -0.15) is 0 Å². The molecule has 0 bridgehead atoms. The molecule has 1 atom stereocenters. The summed E-state index contributed by atoms with van der Waals surface area (Å²) in [4.78, 5) is 4.16. The fraction of sp³-hybridized carbons (Fsp3) is 0.615. The Balaban J connectivity index is 2.08. The van der Waals surface area contributed by atoms with Crippen LogP contribution in [0.25, 0.3) is 0 Å². The van der Waals surface area contributed by atoms with Crippen molar-refractivity contribution in [2.45, 2.75) is 45.1 Å². The zero-order chi connectivity index (χ0) is 10.7. The standard InChI is InChI=1S/C13H19NO/c1-10-9-12(7-8-14-10)13(15)11-5-3-2-4-6-11/h7-9,11,13,15H,2-6H2,1H3.